The third-order valence-corrected chi connectivity index (χ3v) is 4.66. The molecule has 0 unspecified atom stereocenters. The van der Waals surface area contributed by atoms with Gasteiger partial charge < -0.3 is 5.11 Å². The summed E-state index contributed by atoms with van der Waals surface area (Å²) in [6.45, 7) is 7.46. The zero-order valence-electron chi connectivity index (χ0n) is 8.38. The van der Waals surface area contributed by atoms with Gasteiger partial charge in [0.1, 0.15) is 0 Å². The molecule has 0 aliphatic heterocycles. The summed E-state index contributed by atoms with van der Waals surface area (Å²) in [7, 11) is 0. The standard InChI is InChI=1S/C11H20O/c1-7-4-8-5-10(9(7)6-12)11(8,2)3/h7-10,12H,4-6H2,1-3H3/t7-,8+,9-,10+/m0/s1. The van der Waals surface area contributed by atoms with Gasteiger partial charge in [0, 0.05) is 6.61 Å². The van der Waals surface area contributed by atoms with Crippen LogP contribution in [-0.2, 0) is 0 Å². The molecular formula is C11H20O. The Morgan fingerprint density at radius 1 is 1.33 bits per heavy atom. The van der Waals surface area contributed by atoms with Crippen molar-refractivity contribution in [2.45, 2.75) is 33.6 Å². The maximum absolute atomic E-state index is 9.29. The lowest BCUT2D eigenvalue weighted by Gasteiger charge is -2.62. The molecule has 0 heterocycles. The summed E-state index contributed by atoms with van der Waals surface area (Å²) >= 11 is 0. The summed E-state index contributed by atoms with van der Waals surface area (Å²) in [4.78, 5) is 0. The van der Waals surface area contributed by atoms with Crippen molar-refractivity contribution in [1.82, 2.24) is 0 Å². The van der Waals surface area contributed by atoms with E-state index in [2.05, 4.69) is 20.8 Å². The van der Waals surface area contributed by atoms with E-state index in [1.807, 2.05) is 0 Å². The average molecular weight is 168 g/mol. The Balaban J connectivity index is 2.15. The number of aliphatic hydroxyl groups excluding tert-OH is 1. The number of aliphatic hydroxyl groups is 1. The Hall–Kier alpha value is -0.0400. The van der Waals surface area contributed by atoms with Gasteiger partial charge in [0.2, 0.25) is 0 Å². The fourth-order valence-corrected chi connectivity index (χ4v) is 3.51. The first-order valence-electron chi connectivity index (χ1n) is 5.18. The predicted molar refractivity (Wildman–Crippen MR) is 49.7 cm³/mol. The van der Waals surface area contributed by atoms with Crippen LogP contribution in [0.2, 0.25) is 0 Å². The molecular weight excluding hydrogens is 148 g/mol. The average Bonchev–Trinajstić information content (AvgIpc) is 2.03. The van der Waals surface area contributed by atoms with Crippen LogP contribution >= 0.6 is 0 Å². The summed E-state index contributed by atoms with van der Waals surface area (Å²) in [5.74, 6) is 3.09. The predicted octanol–water partition coefficient (Wildman–Crippen LogP) is 2.30. The minimum absolute atomic E-state index is 0.405. The molecule has 3 rings (SSSR count). The summed E-state index contributed by atoms with van der Waals surface area (Å²) in [6, 6.07) is 0. The molecule has 4 atom stereocenters. The highest BCUT2D eigenvalue weighted by Crippen LogP contribution is 2.62. The van der Waals surface area contributed by atoms with Crippen LogP contribution in [0, 0.1) is 29.1 Å². The second kappa shape index (κ2) is 2.47. The van der Waals surface area contributed by atoms with E-state index in [9.17, 15) is 5.11 Å². The normalized spacial score (nSPS) is 50.0. The highest BCUT2D eigenvalue weighted by Gasteiger charge is 2.56. The first-order valence-corrected chi connectivity index (χ1v) is 5.18. The van der Waals surface area contributed by atoms with E-state index in [0.29, 0.717) is 17.9 Å². The van der Waals surface area contributed by atoms with Crippen molar-refractivity contribution in [3.05, 3.63) is 0 Å². The van der Waals surface area contributed by atoms with Crippen LogP contribution in [0.5, 0.6) is 0 Å². The van der Waals surface area contributed by atoms with Gasteiger partial charge in [-0.25, -0.2) is 0 Å². The molecule has 0 aromatic heterocycles. The summed E-state index contributed by atoms with van der Waals surface area (Å²) in [5, 5.41) is 9.29. The smallest absolute Gasteiger partial charge is 0.0464 e. The van der Waals surface area contributed by atoms with Crippen LogP contribution in [0.15, 0.2) is 0 Å². The second-order valence-electron chi connectivity index (χ2n) is 5.42. The van der Waals surface area contributed by atoms with Crippen LogP contribution in [0.1, 0.15) is 33.6 Å². The Morgan fingerprint density at radius 3 is 2.42 bits per heavy atom. The largest absolute Gasteiger partial charge is 0.396 e. The molecule has 3 aliphatic carbocycles. The maximum Gasteiger partial charge on any atom is 0.0464 e. The molecule has 3 fully saturated rings. The molecule has 1 heteroatoms. The third kappa shape index (κ3) is 0.891. The number of hydrogen-bond acceptors (Lipinski definition) is 1. The van der Waals surface area contributed by atoms with Crippen LogP contribution in [0.3, 0.4) is 0 Å². The van der Waals surface area contributed by atoms with E-state index in [1.165, 1.54) is 12.8 Å². The van der Waals surface area contributed by atoms with Crippen LogP contribution in [-0.4, -0.2) is 11.7 Å². The Kier molecular flexibility index (Phi) is 1.76. The number of rotatable bonds is 1. The first-order chi connectivity index (χ1) is 5.57. The third-order valence-electron chi connectivity index (χ3n) is 4.66. The van der Waals surface area contributed by atoms with Crippen molar-refractivity contribution in [3.63, 3.8) is 0 Å². The zero-order valence-corrected chi connectivity index (χ0v) is 8.38. The molecule has 3 aliphatic rings. The maximum atomic E-state index is 9.29. The molecule has 12 heavy (non-hydrogen) atoms. The summed E-state index contributed by atoms with van der Waals surface area (Å²) in [6.07, 6.45) is 2.72. The molecule has 0 saturated heterocycles. The Bertz CT molecular complexity index is 185. The van der Waals surface area contributed by atoms with Crippen molar-refractivity contribution in [3.8, 4) is 0 Å². The molecule has 0 aromatic rings. The van der Waals surface area contributed by atoms with Gasteiger partial charge in [0.05, 0.1) is 0 Å². The highest BCUT2D eigenvalue weighted by atomic mass is 16.3. The van der Waals surface area contributed by atoms with E-state index < -0.39 is 0 Å². The lowest BCUT2D eigenvalue weighted by atomic mass is 9.43. The van der Waals surface area contributed by atoms with Gasteiger partial charge in [-0.05, 0) is 41.9 Å². The first kappa shape index (κ1) is 8.55. The minimum atomic E-state index is 0.405. The lowest BCUT2D eigenvalue weighted by molar-refractivity contribution is -0.142. The van der Waals surface area contributed by atoms with Crippen molar-refractivity contribution in [2.75, 3.05) is 6.61 Å². The van der Waals surface area contributed by atoms with Crippen molar-refractivity contribution < 1.29 is 5.11 Å². The van der Waals surface area contributed by atoms with Crippen molar-refractivity contribution in [1.29, 1.82) is 0 Å². The Labute approximate surface area is 75.2 Å². The Morgan fingerprint density at radius 2 is 2.00 bits per heavy atom. The van der Waals surface area contributed by atoms with Gasteiger partial charge in [0.15, 0.2) is 0 Å². The SMILES string of the molecule is C[C@H]1C[C@@H]2C[C@H]([C@H]1CO)C2(C)C. The topological polar surface area (TPSA) is 20.2 Å². The summed E-state index contributed by atoms with van der Waals surface area (Å²) in [5.41, 5.74) is 0.528. The molecule has 0 spiro atoms. The van der Waals surface area contributed by atoms with Gasteiger partial charge in [-0.1, -0.05) is 20.8 Å². The molecule has 0 radical (unpaired) electrons. The second-order valence-corrected chi connectivity index (χ2v) is 5.42. The van der Waals surface area contributed by atoms with Crippen molar-refractivity contribution >= 4 is 0 Å². The molecule has 0 amide bonds. The highest BCUT2D eigenvalue weighted by molar-refractivity contribution is 5.04. The van der Waals surface area contributed by atoms with E-state index in [1.54, 1.807) is 0 Å². The molecule has 1 nitrogen and oxygen atoms in total. The number of fused-ring (bicyclic) bond motifs is 2. The summed E-state index contributed by atoms with van der Waals surface area (Å²) < 4.78 is 0. The van der Waals surface area contributed by atoms with Gasteiger partial charge in [-0.2, -0.15) is 0 Å². The van der Waals surface area contributed by atoms with E-state index in [4.69, 9.17) is 0 Å². The molecule has 70 valence electrons. The van der Waals surface area contributed by atoms with Gasteiger partial charge in [0.25, 0.3) is 0 Å². The van der Waals surface area contributed by atoms with Gasteiger partial charge >= 0.3 is 0 Å². The van der Waals surface area contributed by atoms with Gasteiger partial charge in [-0.15, -0.1) is 0 Å². The fourth-order valence-electron chi connectivity index (χ4n) is 3.51. The van der Waals surface area contributed by atoms with Crippen LogP contribution in [0.4, 0.5) is 0 Å². The zero-order chi connectivity index (χ0) is 8.93. The fraction of sp³-hybridized carbons (Fsp3) is 1.00. The van der Waals surface area contributed by atoms with Crippen LogP contribution < -0.4 is 0 Å². The molecule has 1 N–H and O–H groups in total. The molecule has 2 bridgehead atoms. The monoisotopic (exact) mass is 168 g/mol. The van der Waals surface area contributed by atoms with E-state index in [-0.39, 0.29) is 0 Å². The van der Waals surface area contributed by atoms with E-state index >= 15 is 0 Å². The molecule has 3 saturated carbocycles. The minimum Gasteiger partial charge on any atom is -0.396 e. The quantitative estimate of drug-likeness (QED) is 0.637. The van der Waals surface area contributed by atoms with E-state index in [0.717, 1.165) is 17.8 Å². The van der Waals surface area contributed by atoms with Crippen molar-refractivity contribution in [2.24, 2.45) is 29.1 Å². The number of hydrogen-bond donors (Lipinski definition) is 1. The van der Waals surface area contributed by atoms with Crippen LogP contribution in [0.25, 0.3) is 0 Å². The molecule has 0 aromatic carbocycles. The lowest BCUT2D eigenvalue weighted by Crippen LogP contribution is -2.56. The van der Waals surface area contributed by atoms with Gasteiger partial charge in [-0.3, -0.25) is 0 Å².